The number of rotatable bonds is 5. The van der Waals surface area contributed by atoms with Crippen LogP contribution in [0, 0.1) is 0 Å². The van der Waals surface area contributed by atoms with Crippen LogP contribution >= 0.6 is 23.2 Å². The van der Waals surface area contributed by atoms with Gasteiger partial charge < -0.3 is 27.2 Å². The van der Waals surface area contributed by atoms with Crippen molar-refractivity contribution in [3.05, 3.63) is 46.1 Å². The normalized spacial score (nSPS) is 12.0. The van der Waals surface area contributed by atoms with Gasteiger partial charge in [-0.05, 0) is 37.3 Å². The van der Waals surface area contributed by atoms with Crippen molar-refractivity contribution >= 4 is 23.2 Å². The van der Waals surface area contributed by atoms with E-state index in [0.717, 1.165) is 11.3 Å². The van der Waals surface area contributed by atoms with Crippen LogP contribution in [0.15, 0.2) is 34.7 Å². The van der Waals surface area contributed by atoms with Gasteiger partial charge in [-0.2, -0.15) is 0 Å². The van der Waals surface area contributed by atoms with E-state index in [0.29, 0.717) is 28.9 Å². The fourth-order valence-electron chi connectivity index (χ4n) is 1.71. The summed E-state index contributed by atoms with van der Waals surface area (Å²) in [5.74, 6) is 1.47. The molecule has 0 aliphatic rings. The maximum absolute atomic E-state index is 9.16. The molecule has 0 spiro atoms. The molecule has 110 valence electrons. The lowest BCUT2D eigenvalue weighted by atomic mass is 10.2. The van der Waals surface area contributed by atoms with Crippen LogP contribution in [0.4, 0.5) is 0 Å². The van der Waals surface area contributed by atoms with Gasteiger partial charge in [-0.1, -0.05) is 23.2 Å². The van der Waals surface area contributed by atoms with Crippen LogP contribution in [0.2, 0.25) is 10.0 Å². The van der Waals surface area contributed by atoms with Crippen LogP contribution in [0.1, 0.15) is 12.7 Å². The van der Waals surface area contributed by atoms with Gasteiger partial charge in [0.25, 0.3) is 0 Å². The molecule has 0 fully saturated rings. The second-order valence-corrected chi connectivity index (χ2v) is 5.21. The summed E-state index contributed by atoms with van der Waals surface area (Å²) >= 11 is 12.1. The molecule has 20 heavy (non-hydrogen) atoms. The summed E-state index contributed by atoms with van der Waals surface area (Å²) in [6.45, 7) is 2.81. The minimum Gasteiger partial charge on any atom is -1.00 e. The van der Waals surface area contributed by atoms with E-state index in [-0.39, 0.29) is 18.5 Å². The number of aliphatic hydroxyl groups excluding tert-OH is 1. The molecule has 0 bridgehead atoms. The van der Waals surface area contributed by atoms with Gasteiger partial charge in [-0.3, -0.25) is 0 Å². The molecule has 1 aromatic heterocycles. The predicted octanol–water partition coefficient (Wildman–Crippen LogP) is 0.728. The zero-order chi connectivity index (χ0) is 13.8. The maximum Gasteiger partial charge on any atom is 0.135 e. The Labute approximate surface area is 134 Å². The third kappa shape index (κ3) is 4.69. The monoisotopic (exact) mass is 334 g/mol. The average molecular weight is 336 g/mol. The maximum atomic E-state index is 9.16. The minimum absolute atomic E-state index is 0. The first-order valence-electron chi connectivity index (χ1n) is 5.99. The Morgan fingerprint density at radius 2 is 2.00 bits per heavy atom. The summed E-state index contributed by atoms with van der Waals surface area (Å²) in [5, 5.41) is 13.5. The van der Waals surface area contributed by atoms with E-state index in [1.807, 2.05) is 12.1 Å². The lowest BCUT2D eigenvalue weighted by molar-refractivity contribution is -0.00000656. The van der Waals surface area contributed by atoms with Crippen LogP contribution in [-0.4, -0.2) is 17.8 Å². The van der Waals surface area contributed by atoms with Crippen LogP contribution in [0.3, 0.4) is 0 Å². The molecule has 0 radical (unpaired) electrons. The molecule has 2 aromatic rings. The molecule has 1 unspecified atom stereocenters. The van der Waals surface area contributed by atoms with E-state index in [1.54, 1.807) is 25.1 Å². The highest BCUT2D eigenvalue weighted by molar-refractivity contribution is 6.35. The van der Waals surface area contributed by atoms with Crippen molar-refractivity contribution in [2.24, 2.45) is 0 Å². The molecular formula is C14H15Cl3NO2-. The molecule has 0 saturated heterocycles. The summed E-state index contributed by atoms with van der Waals surface area (Å²) in [4.78, 5) is 0. The quantitative estimate of drug-likeness (QED) is 0.847. The highest BCUT2D eigenvalue weighted by Gasteiger charge is 2.09. The molecule has 1 heterocycles. The molecule has 3 nitrogen and oxygen atoms in total. The van der Waals surface area contributed by atoms with Gasteiger partial charge in [0.1, 0.15) is 11.5 Å². The third-order valence-electron chi connectivity index (χ3n) is 2.59. The SMILES string of the molecule is CC(O)CNCc1ccc(-c2cc(Cl)ccc2Cl)o1.[Cl-]. The van der Waals surface area contributed by atoms with Gasteiger partial charge in [0.2, 0.25) is 0 Å². The number of benzene rings is 1. The van der Waals surface area contributed by atoms with Gasteiger partial charge in [-0.25, -0.2) is 0 Å². The molecular weight excluding hydrogens is 321 g/mol. The van der Waals surface area contributed by atoms with E-state index in [2.05, 4.69) is 5.32 Å². The number of halogens is 3. The molecule has 0 amide bonds. The molecule has 2 rings (SSSR count). The summed E-state index contributed by atoms with van der Waals surface area (Å²) in [5.41, 5.74) is 0.774. The molecule has 2 N–H and O–H groups in total. The Balaban J connectivity index is 0.00000200. The fourth-order valence-corrected chi connectivity index (χ4v) is 2.09. The average Bonchev–Trinajstić information content (AvgIpc) is 2.80. The molecule has 1 atom stereocenters. The fraction of sp³-hybridized carbons (Fsp3) is 0.286. The predicted molar refractivity (Wildman–Crippen MR) is 77.6 cm³/mol. The standard InChI is InChI=1S/C14H15Cl2NO2.ClH/c1-9(18)7-17-8-11-3-5-14(19-11)12-6-10(15)2-4-13(12)16;/h2-6,9,17-18H,7-8H2,1H3;1H/p-1. The first kappa shape index (κ1) is 17.3. The summed E-state index contributed by atoms with van der Waals surface area (Å²) in [7, 11) is 0. The number of hydrogen-bond acceptors (Lipinski definition) is 3. The van der Waals surface area contributed by atoms with Crippen LogP contribution in [0.5, 0.6) is 0 Å². The number of nitrogens with one attached hydrogen (secondary N) is 1. The second-order valence-electron chi connectivity index (χ2n) is 4.37. The van der Waals surface area contributed by atoms with E-state index in [1.165, 1.54) is 0 Å². The van der Waals surface area contributed by atoms with Crippen LogP contribution < -0.4 is 17.7 Å². The summed E-state index contributed by atoms with van der Waals surface area (Å²) in [6.07, 6.45) is -0.378. The van der Waals surface area contributed by atoms with Crippen molar-refractivity contribution in [3.63, 3.8) is 0 Å². The molecule has 0 aliphatic carbocycles. The van der Waals surface area contributed by atoms with Crippen molar-refractivity contribution < 1.29 is 21.9 Å². The van der Waals surface area contributed by atoms with E-state index < -0.39 is 0 Å². The second kappa shape index (κ2) is 7.91. The van der Waals surface area contributed by atoms with Crippen molar-refractivity contribution in [1.29, 1.82) is 0 Å². The Morgan fingerprint density at radius 1 is 1.25 bits per heavy atom. The first-order chi connectivity index (χ1) is 9.06. The van der Waals surface area contributed by atoms with Crippen LogP contribution in [0.25, 0.3) is 11.3 Å². The van der Waals surface area contributed by atoms with E-state index in [9.17, 15) is 0 Å². The largest absolute Gasteiger partial charge is 1.00 e. The zero-order valence-corrected chi connectivity index (χ0v) is 13.1. The number of hydrogen-bond donors (Lipinski definition) is 2. The molecule has 0 saturated carbocycles. The van der Waals surface area contributed by atoms with Crippen molar-refractivity contribution in [2.75, 3.05) is 6.54 Å². The summed E-state index contributed by atoms with van der Waals surface area (Å²) < 4.78 is 5.70. The van der Waals surface area contributed by atoms with E-state index >= 15 is 0 Å². The van der Waals surface area contributed by atoms with E-state index in [4.69, 9.17) is 32.7 Å². The Bertz CT molecular complexity index is 555. The smallest absolute Gasteiger partial charge is 0.135 e. The van der Waals surface area contributed by atoms with Gasteiger partial charge in [-0.15, -0.1) is 0 Å². The molecule has 6 heteroatoms. The highest BCUT2D eigenvalue weighted by atomic mass is 35.5. The zero-order valence-electron chi connectivity index (χ0n) is 10.9. The summed E-state index contributed by atoms with van der Waals surface area (Å²) in [6, 6.07) is 8.99. The lowest BCUT2D eigenvalue weighted by Gasteiger charge is -2.05. The topological polar surface area (TPSA) is 45.4 Å². The van der Waals surface area contributed by atoms with Crippen LogP contribution in [-0.2, 0) is 6.54 Å². The first-order valence-corrected chi connectivity index (χ1v) is 6.75. The van der Waals surface area contributed by atoms with Gasteiger partial charge >= 0.3 is 0 Å². The van der Waals surface area contributed by atoms with Crippen molar-refractivity contribution in [2.45, 2.75) is 19.6 Å². The molecule has 1 aromatic carbocycles. The van der Waals surface area contributed by atoms with Gasteiger partial charge in [0, 0.05) is 17.1 Å². The van der Waals surface area contributed by atoms with Gasteiger partial charge in [0.05, 0.1) is 17.7 Å². The Hall–Kier alpha value is -0.710. The Kier molecular flexibility index (Phi) is 6.86. The molecule has 0 aliphatic heterocycles. The van der Waals surface area contributed by atoms with Crippen molar-refractivity contribution in [3.8, 4) is 11.3 Å². The lowest BCUT2D eigenvalue weighted by Crippen LogP contribution is -3.00. The third-order valence-corrected chi connectivity index (χ3v) is 3.16. The van der Waals surface area contributed by atoms with Crippen molar-refractivity contribution in [1.82, 2.24) is 5.32 Å². The minimum atomic E-state index is -0.378. The number of aliphatic hydroxyl groups is 1. The van der Waals surface area contributed by atoms with Gasteiger partial charge in [0.15, 0.2) is 0 Å². The highest BCUT2D eigenvalue weighted by Crippen LogP contribution is 2.31. The number of furan rings is 1. The Morgan fingerprint density at radius 3 is 2.70 bits per heavy atom.